The van der Waals surface area contributed by atoms with Crippen LogP contribution in [-0.4, -0.2) is 23.9 Å². The van der Waals surface area contributed by atoms with Gasteiger partial charge >= 0.3 is 0 Å². The number of nitrogens with zero attached hydrogens (tertiary/aromatic N) is 1. The highest BCUT2D eigenvalue weighted by atomic mass is 16.3. The van der Waals surface area contributed by atoms with Crippen LogP contribution in [0.4, 0.5) is 5.69 Å². The SMILES string of the molecule is Cc1ccc(C(=O)Nc2c([C@H](c3ccccc3)N3CCC(C)CC3)oc3ccccc23)cc1. The van der Waals surface area contributed by atoms with Gasteiger partial charge in [0.05, 0.1) is 11.7 Å². The fourth-order valence-corrected chi connectivity index (χ4v) is 4.73. The van der Waals surface area contributed by atoms with Crippen molar-refractivity contribution in [2.45, 2.75) is 32.7 Å². The first-order valence-corrected chi connectivity index (χ1v) is 11.8. The van der Waals surface area contributed by atoms with Crippen molar-refractivity contribution in [1.82, 2.24) is 4.90 Å². The van der Waals surface area contributed by atoms with Crippen molar-refractivity contribution in [2.75, 3.05) is 18.4 Å². The lowest BCUT2D eigenvalue weighted by atomic mass is 9.94. The Balaban J connectivity index is 1.60. The van der Waals surface area contributed by atoms with Gasteiger partial charge < -0.3 is 9.73 Å². The molecule has 1 fully saturated rings. The molecule has 5 rings (SSSR count). The lowest BCUT2D eigenvalue weighted by Crippen LogP contribution is -2.37. The van der Waals surface area contributed by atoms with Crippen molar-refractivity contribution in [3.8, 4) is 0 Å². The van der Waals surface area contributed by atoms with Crippen LogP contribution in [0, 0.1) is 12.8 Å². The largest absolute Gasteiger partial charge is 0.457 e. The second-order valence-electron chi connectivity index (χ2n) is 9.19. The normalized spacial score (nSPS) is 16.1. The van der Waals surface area contributed by atoms with Crippen LogP contribution in [0.5, 0.6) is 0 Å². The van der Waals surface area contributed by atoms with E-state index in [9.17, 15) is 4.79 Å². The molecule has 4 aromatic rings. The lowest BCUT2D eigenvalue weighted by molar-refractivity contribution is 0.102. The maximum atomic E-state index is 13.2. The number of piperidine rings is 1. The summed E-state index contributed by atoms with van der Waals surface area (Å²) in [5.74, 6) is 1.41. The highest BCUT2D eigenvalue weighted by Crippen LogP contribution is 2.41. The number of para-hydroxylation sites is 1. The van der Waals surface area contributed by atoms with Gasteiger partial charge in [-0.25, -0.2) is 0 Å². The zero-order valence-corrected chi connectivity index (χ0v) is 19.3. The minimum atomic E-state index is -0.123. The van der Waals surface area contributed by atoms with Gasteiger partial charge in [0.1, 0.15) is 11.3 Å². The van der Waals surface area contributed by atoms with E-state index in [1.807, 2.05) is 61.5 Å². The molecule has 4 nitrogen and oxygen atoms in total. The Morgan fingerprint density at radius 3 is 2.33 bits per heavy atom. The van der Waals surface area contributed by atoms with E-state index in [1.54, 1.807) is 0 Å². The first-order chi connectivity index (χ1) is 16.1. The Morgan fingerprint density at radius 2 is 1.61 bits per heavy atom. The molecule has 2 heterocycles. The Bertz CT molecular complexity index is 1240. The second kappa shape index (κ2) is 9.24. The summed E-state index contributed by atoms with van der Waals surface area (Å²) < 4.78 is 6.50. The molecule has 1 N–H and O–H groups in total. The first kappa shape index (κ1) is 21.5. The summed E-state index contributed by atoms with van der Waals surface area (Å²) in [5, 5.41) is 4.14. The number of hydrogen-bond donors (Lipinski definition) is 1. The highest BCUT2D eigenvalue weighted by molar-refractivity contribution is 6.09. The second-order valence-corrected chi connectivity index (χ2v) is 9.19. The van der Waals surface area contributed by atoms with E-state index in [0.29, 0.717) is 5.56 Å². The van der Waals surface area contributed by atoms with Gasteiger partial charge in [-0.2, -0.15) is 0 Å². The van der Waals surface area contributed by atoms with Crippen LogP contribution < -0.4 is 5.32 Å². The van der Waals surface area contributed by atoms with Gasteiger partial charge in [0.15, 0.2) is 0 Å². The summed E-state index contributed by atoms with van der Waals surface area (Å²) in [6, 6.07) is 26.1. The van der Waals surface area contributed by atoms with Crippen LogP contribution in [0.25, 0.3) is 11.0 Å². The first-order valence-electron chi connectivity index (χ1n) is 11.8. The minimum absolute atomic E-state index is 0.0561. The van der Waals surface area contributed by atoms with Crippen molar-refractivity contribution < 1.29 is 9.21 Å². The Morgan fingerprint density at radius 1 is 0.939 bits per heavy atom. The van der Waals surface area contributed by atoms with Crippen molar-refractivity contribution >= 4 is 22.6 Å². The molecule has 3 aromatic carbocycles. The van der Waals surface area contributed by atoms with Crippen molar-refractivity contribution in [1.29, 1.82) is 0 Å². The van der Waals surface area contributed by atoms with E-state index in [-0.39, 0.29) is 11.9 Å². The molecular weight excluding hydrogens is 408 g/mol. The van der Waals surface area contributed by atoms with Gasteiger partial charge in [-0.15, -0.1) is 0 Å². The van der Waals surface area contributed by atoms with Crippen LogP contribution in [-0.2, 0) is 0 Å². The molecule has 1 aromatic heterocycles. The molecule has 1 aliphatic rings. The van der Waals surface area contributed by atoms with E-state index in [4.69, 9.17) is 4.42 Å². The number of furan rings is 1. The molecular formula is C29H30N2O2. The summed E-state index contributed by atoms with van der Waals surface area (Å²) in [7, 11) is 0. The van der Waals surface area contributed by atoms with Gasteiger partial charge in [-0.1, -0.05) is 67.1 Å². The van der Waals surface area contributed by atoms with Crippen molar-refractivity contribution in [3.05, 3.63) is 101 Å². The number of hydrogen-bond acceptors (Lipinski definition) is 3. The van der Waals surface area contributed by atoms with E-state index in [2.05, 4.69) is 41.4 Å². The molecule has 0 bridgehead atoms. The number of carbonyl (C=O) groups is 1. The van der Waals surface area contributed by atoms with Crippen LogP contribution in [0.15, 0.2) is 83.3 Å². The number of anilines is 1. The highest BCUT2D eigenvalue weighted by Gasteiger charge is 2.32. The van der Waals surface area contributed by atoms with Gasteiger partial charge in [-0.05, 0) is 68.6 Å². The Labute approximate surface area is 195 Å². The third kappa shape index (κ3) is 4.44. The van der Waals surface area contributed by atoms with Crippen molar-refractivity contribution in [3.63, 3.8) is 0 Å². The molecule has 0 radical (unpaired) electrons. The van der Waals surface area contributed by atoms with E-state index in [0.717, 1.165) is 59.8 Å². The molecule has 1 amide bonds. The lowest BCUT2D eigenvalue weighted by Gasteiger charge is -2.36. The Hall–Kier alpha value is -3.37. The van der Waals surface area contributed by atoms with Gasteiger partial charge in [-0.3, -0.25) is 9.69 Å². The fourth-order valence-electron chi connectivity index (χ4n) is 4.73. The minimum Gasteiger partial charge on any atom is -0.457 e. The van der Waals surface area contributed by atoms with Crippen LogP contribution in [0.1, 0.15) is 53.1 Å². The fraction of sp³-hybridized carbons (Fsp3) is 0.276. The molecule has 1 saturated heterocycles. The number of fused-ring (bicyclic) bond motifs is 1. The number of amides is 1. The number of aryl methyl sites for hydroxylation is 1. The predicted molar refractivity (Wildman–Crippen MR) is 134 cm³/mol. The smallest absolute Gasteiger partial charge is 0.255 e. The third-order valence-electron chi connectivity index (χ3n) is 6.72. The maximum absolute atomic E-state index is 13.2. The molecule has 0 spiro atoms. The van der Waals surface area contributed by atoms with Gasteiger partial charge in [0.2, 0.25) is 0 Å². The zero-order valence-electron chi connectivity index (χ0n) is 19.3. The van der Waals surface area contributed by atoms with Gasteiger partial charge in [0.25, 0.3) is 5.91 Å². The maximum Gasteiger partial charge on any atom is 0.255 e. The quantitative estimate of drug-likeness (QED) is 0.372. The van der Waals surface area contributed by atoms with E-state index in [1.165, 1.54) is 5.56 Å². The average Bonchev–Trinajstić information content (AvgIpc) is 3.19. The molecule has 168 valence electrons. The number of rotatable bonds is 5. The van der Waals surface area contributed by atoms with Crippen LogP contribution >= 0.6 is 0 Å². The molecule has 0 aliphatic carbocycles. The standard InChI is InChI=1S/C29H30N2O2/c1-20-12-14-23(15-13-20)29(32)30-26-24-10-6-7-11-25(24)33-28(26)27(22-8-4-3-5-9-22)31-18-16-21(2)17-19-31/h3-15,21,27H,16-19H2,1-2H3,(H,30,32)/t27-/m0/s1. The monoisotopic (exact) mass is 438 g/mol. The summed E-state index contributed by atoms with van der Waals surface area (Å²) >= 11 is 0. The number of likely N-dealkylation sites (tertiary alicyclic amines) is 1. The molecule has 0 unspecified atom stereocenters. The third-order valence-corrected chi connectivity index (χ3v) is 6.72. The number of benzene rings is 3. The summed E-state index contributed by atoms with van der Waals surface area (Å²) in [6.07, 6.45) is 2.32. The molecule has 1 atom stereocenters. The predicted octanol–water partition coefficient (Wildman–Crippen LogP) is 6.81. The molecule has 0 saturated carbocycles. The molecule has 33 heavy (non-hydrogen) atoms. The van der Waals surface area contributed by atoms with Crippen LogP contribution in [0.2, 0.25) is 0 Å². The van der Waals surface area contributed by atoms with Crippen LogP contribution in [0.3, 0.4) is 0 Å². The average molecular weight is 439 g/mol. The zero-order chi connectivity index (χ0) is 22.8. The Kier molecular flexibility index (Phi) is 6.01. The van der Waals surface area contributed by atoms with Crippen molar-refractivity contribution in [2.24, 2.45) is 5.92 Å². The summed E-state index contributed by atoms with van der Waals surface area (Å²) in [6.45, 7) is 6.35. The molecule has 4 heteroatoms. The van der Waals surface area contributed by atoms with E-state index < -0.39 is 0 Å². The topological polar surface area (TPSA) is 45.5 Å². The van der Waals surface area contributed by atoms with Gasteiger partial charge in [0, 0.05) is 10.9 Å². The number of nitrogens with one attached hydrogen (secondary N) is 1. The summed E-state index contributed by atoms with van der Waals surface area (Å²) in [5.41, 5.74) is 4.50. The summed E-state index contributed by atoms with van der Waals surface area (Å²) in [4.78, 5) is 15.7. The molecule has 1 aliphatic heterocycles. The number of carbonyl (C=O) groups excluding carboxylic acids is 1. The van der Waals surface area contributed by atoms with E-state index >= 15 is 0 Å².